The Kier molecular flexibility index (Phi) is 7.61. The molecule has 4 aromatic rings. The molecule has 1 N–H and O–H groups in total. The maximum absolute atomic E-state index is 13.4. The Labute approximate surface area is 220 Å². The zero-order valence-corrected chi connectivity index (χ0v) is 22.4. The second-order valence-electron chi connectivity index (χ2n) is 8.45. The molecule has 13 heteroatoms. The van der Waals surface area contributed by atoms with Gasteiger partial charge >= 0.3 is 6.18 Å². The van der Waals surface area contributed by atoms with Gasteiger partial charge in [-0.05, 0) is 56.5 Å². The van der Waals surface area contributed by atoms with Gasteiger partial charge in [0.15, 0.2) is 5.60 Å². The van der Waals surface area contributed by atoms with E-state index in [0.717, 1.165) is 18.1 Å². The van der Waals surface area contributed by atoms with Crippen LogP contribution in [0.25, 0.3) is 17.0 Å². The number of benzene rings is 1. The number of carbonyl (C=O) groups excluding carboxylic acids is 1. The predicted molar refractivity (Wildman–Crippen MR) is 138 cm³/mol. The molecule has 0 radical (unpaired) electrons. The molecule has 3 heterocycles. The van der Waals surface area contributed by atoms with Gasteiger partial charge in [0, 0.05) is 45.1 Å². The molecule has 0 aliphatic carbocycles. The summed E-state index contributed by atoms with van der Waals surface area (Å²) < 4.78 is 52.0. The molecule has 0 aliphatic rings. The van der Waals surface area contributed by atoms with Crippen LogP contribution in [-0.4, -0.2) is 37.2 Å². The van der Waals surface area contributed by atoms with E-state index in [1.807, 2.05) is 26.0 Å². The van der Waals surface area contributed by atoms with Crippen molar-refractivity contribution in [2.24, 2.45) is 0 Å². The van der Waals surface area contributed by atoms with E-state index in [1.54, 1.807) is 50.0 Å². The van der Waals surface area contributed by atoms with Crippen LogP contribution in [0.2, 0.25) is 0 Å². The van der Waals surface area contributed by atoms with Gasteiger partial charge in [0.2, 0.25) is 11.7 Å². The maximum Gasteiger partial charge on any atom is 0.418 e. The first-order valence-electron chi connectivity index (χ1n) is 10.7. The fourth-order valence-electron chi connectivity index (χ4n) is 3.45. The lowest BCUT2D eigenvalue weighted by atomic mass is 10.00. The number of rotatable bonds is 8. The molecule has 1 amide bonds. The highest BCUT2D eigenvalue weighted by molar-refractivity contribution is 14.2. The van der Waals surface area contributed by atoms with Crippen molar-refractivity contribution in [3.05, 3.63) is 65.4 Å². The average Bonchev–Trinajstić information content (AvgIpc) is 3.45. The van der Waals surface area contributed by atoms with Gasteiger partial charge in [0.1, 0.15) is 11.3 Å². The largest absolute Gasteiger partial charge is 0.418 e. The van der Waals surface area contributed by atoms with E-state index >= 15 is 0 Å². The monoisotopic (exact) mass is 631 g/mol. The normalized spacial score (nSPS) is 13.6. The van der Waals surface area contributed by atoms with E-state index in [1.165, 1.54) is 6.20 Å². The van der Waals surface area contributed by atoms with Crippen molar-refractivity contribution in [2.75, 3.05) is 5.32 Å². The minimum atomic E-state index is -4.56. The van der Waals surface area contributed by atoms with Gasteiger partial charge < -0.3 is 9.84 Å². The molecule has 1 unspecified atom stereocenters. The highest BCUT2D eigenvalue weighted by Gasteiger charge is 2.52. The van der Waals surface area contributed by atoms with E-state index < -0.39 is 11.8 Å². The molecule has 190 valence electrons. The number of alkyl halides is 3. The summed E-state index contributed by atoms with van der Waals surface area (Å²) in [5.41, 5.74) is 1.58. The van der Waals surface area contributed by atoms with E-state index in [9.17, 15) is 18.0 Å². The molecular formula is C23H21F3IN5O3S. The molecule has 0 saturated heterocycles. The van der Waals surface area contributed by atoms with Crippen LogP contribution in [0, 0.1) is 13.8 Å². The summed E-state index contributed by atoms with van der Waals surface area (Å²) in [6.45, 7) is 4.76. The second-order valence-corrected chi connectivity index (χ2v) is 9.82. The number of aromatic nitrogens is 4. The standard InChI is InChI=1S/C23H21F3IN5O3S/c1-13-7-9-32-17(12-28-18(32)10-13)21(33)29-16-11-15(5-4-14(16)2)20-30-19(34-31-20)6-8-22(3,35-36-27)23(24,25)26/h4-5,7,9-12H,6,8H2,1-3H3,(H,29,33). The number of nitrogens with one attached hydrogen (secondary N) is 1. The first-order valence-corrected chi connectivity index (χ1v) is 14.0. The Bertz CT molecular complexity index is 1410. The van der Waals surface area contributed by atoms with Crippen molar-refractivity contribution >= 4 is 47.7 Å². The fourth-order valence-corrected chi connectivity index (χ4v) is 4.96. The summed E-state index contributed by atoms with van der Waals surface area (Å²) in [6, 6.07) is 8.97. The number of nitrogens with zero attached hydrogens (tertiary/aromatic N) is 4. The zero-order valence-electron chi connectivity index (χ0n) is 19.4. The molecule has 0 bridgehead atoms. The molecule has 0 fully saturated rings. The van der Waals surface area contributed by atoms with Crippen molar-refractivity contribution in [1.82, 2.24) is 19.5 Å². The van der Waals surface area contributed by atoms with Gasteiger partial charge in [-0.15, -0.1) is 0 Å². The number of pyridine rings is 1. The van der Waals surface area contributed by atoms with Crippen molar-refractivity contribution in [2.45, 2.75) is 45.4 Å². The molecule has 0 saturated carbocycles. The molecule has 1 aromatic carbocycles. The molecular weight excluding hydrogens is 610 g/mol. The van der Waals surface area contributed by atoms with E-state index in [2.05, 4.69) is 20.4 Å². The van der Waals surface area contributed by atoms with Crippen LogP contribution in [0.5, 0.6) is 0 Å². The Balaban J connectivity index is 1.51. The Hall–Kier alpha value is -2.65. The van der Waals surface area contributed by atoms with Gasteiger partial charge in [0.05, 0.1) is 15.4 Å². The first kappa shape index (κ1) is 26.4. The minimum absolute atomic E-state index is 0.0507. The number of anilines is 1. The lowest BCUT2D eigenvalue weighted by Crippen LogP contribution is -2.43. The zero-order chi connectivity index (χ0) is 26.1. The van der Waals surface area contributed by atoms with Crippen LogP contribution < -0.4 is 5.32 Å². The van der Waals surface area contributed by atoms with Crippen LogP contribution in [0.15, 0.2) is 47.2 Å². The molecule has 36 heavy (non-hydrogen) atoms. The number of imidazole rings is 1. The molecule has 1 atom stereocenters. The number of carbonyl (C=O) groups is 1. The van der Waals surface area contributed by atoms with Crippen LogP contribution in [-0.2, 0) is 10.6 Å². The predicted octanol–water partition coefficient (Wildman–Crippen LogP) is 6.52. The van der Waals surface area contributed by atoms with Crippen molar-refractivity contribution in [3.8, 4) is 11.4 Å². The third-order valence-electron chi connectivity index (χ3n) is 5.74. The van der Waals surface area contributed by atoms with E-state index in [0.29, 0.717) is 31.8 Å². The molecule has 0 spiro atoms. The smallest absolute Gasteiger partial charge is 0.339 e. The van der Waals surface area contributed by atoms with Gasteiger partial charge in [-0.25, -0.2) is 4.98 Å². The molecule has 8 nitrogen and oxygen atoms in total. The molecule has 0 aliphatic heterocycles. The first-order chi connectivity index (χ1) is 17.0. The SMILES string of the molecule is Cc1ccn2c(C(=O)Nc3cc(-c4noc(CCC(C)(OSI)C(F)(F)F)n4)ccc3C)cnc2c1. The summed E-state index contributed by atoms with van der Waals surface area (Å²) >= 11 is 1.65. The second kappa shape index (κ2) is 10.4. The van der Waals surface area contributed by atoms with Crippen LogP contribution in [0.4, 0.5) is 18.9 Å². The minimum Gasteiger partial charge on any atom is -0.339 e. The summed E-state index contributed by atoms with van der Waals surface area (Å²) in [5, 5.41) is 6.78. The quantitative estimate of drug-likeness (QED) is 0.175. The van der Waals surface area contributed by atoms with Gasteiger partial charge in [-0.2, -0.15) is 18.2 Å². The maximum atomic E-state index is 13.4. The van der Waals surface area contributed by atoms with Crippen molar-refractivity contribution in [1.29, 1.82) is 0 Å². The number of fused-ring (bicyclic) bond motifs is 1. The number of amides is 1. The lowest BCUT2D eigenvalue weighted by molar-refractivity contribution is -0.239. The fraction of sp³-hybridized carbons (Fsp3) is 0.304. The van der Waals surface area contributed by atoms with Gasteiger partial charge in [0.25, 0.3) is 5.91 Å². The Morgan fingerprint density at radius 3 is 2.75 bits per heavy atom. The van der Waals surface area contributed by atoms with Crippen molar-refractivity contribution in [3.63, 3.8) is 0 Å². The average molecular weight is 631 g/mol. The summed E-state index contributed by atoms with van der Waals surface area (Å²) in [5.74, 6) is -0.0987. The summed E-state index contributed by atoms with van der Waals surface area (Å²) in [6.07, 6.45) is -1.78. The van der Waals surface area contributed by atoms with Gasteiger partial charge in [-0.3, -0.25) is 13.4 Å². The van der Waals surface area contributed by atoms with Crippen molar-refractivity contribution < 1.29 is 26.7 Å². The molecule has 4 rings (SSSR count). The summed E-state index contributed by atoms with van der Waals surface area (Å²) in [7, 11) is 0.624. The third kappa shape index (κ3) is 5.52. The van der Waals surface area contributed by atoms with Crippen LogP contribution in [0.1, 0.15) is 40.9 Å². The highest BCUT2D eigenvalue weighted by atomic mass is 127. The van der Waals surface area contributed by atoms with Crippen LogP contribution >= 0.6 is 30.4 Å². The van der Waals surface area contributed by atoms with Crippen LogP contribution in [0.3, 0.4) is 0 Å². The molecule has 3 aromatic heterocycles. The van der Waals surface area contributed by atoms with E-state index in [-0.39, 0.29) is 30.5 Å². The number of aryl methyl sites for hydroxylation is 3. The Morgan fingerprint density at radius 1 is 1.25 bits per heavy atom. The number of hydrogen-bond donors (Lipinski definition) is 1. The summed E-state index contributed by atoms with van der Waals surface area (Å²) in [4.78, 5) is 21.5. The third-order valence-corrected chi connectivity index (χ3v) is 6.71. The van der Waals surface area contributed by atoms with E-state index in [4.69, 9.17) is 8.71 Å². The highest BCUT2D eigenvalue weighted by Crippen LogP contribution is 2.41. The number of halogens is 4. The lowest BCUT2D eigenvalue weighted by Gasteiger charge is -2.29. The van der Waals surface area contributed by atoms with Gasteiger partial charge in [-0.1, -0.05) is 17.3 Å². The topological polar surface area (TPSA) is 94.5 Å². The number of hydrogen-bond acceptors (Lipinski definition) is 7. The Morgan fingerprint density at radius 2 is 2.03 bits per heavy atom.